The first-order valence-electron chi connectivity index (χ1n) is 7.37. The van der Waals surface area contributed by atoms with Gasteiger partial charge in [-0.05, 0) is 43.2 Å². The second-order valence-corrected chi connectivity index (χ2v) is 5.60. The monoisotopic (exact) mass is 359 g/mol. The summed E-state index contributed by atoms with van der Waals surface area (Å²) in [7, 11) is 0. The molecular weight excluding hydrogens is 344 g/mol. The minimum Gasteiger partial charge on any atom is -0.282 e. The SMILES string of the molecule is CC(=NC(C)c1ccccc1)c1cc(C(F)(F)F)cc(C(F)(F)F)c1. The number of hydrogen-bond donors (Lipinski definition) is 0. The van der Waals surface area contributed by atoms with Crippen molar-refractivity contribution in [3.63, 3.8) is 0 Å². The zero-order valence-electron chi connectivity index (χ0n) is 13.4. The molecule has 0 aliphatic rings. The van der Waals surface area contributed by atoms with Crippen LogP contribution < -0.4 is 0 Å². The Kier molecular flexibility index (Phi) is 5.25. The van der Waals surface area contributed by atoms with Crippen molar-refractivity contribution in [2.24, 2.45) is 4.99 Å². The summed E-state index contributed by atoms with van der Waals surface area (Å²) in [5.74, 6) is 0. The fourth-order valence-electron chi connectivity index (χ4n) is 2.33. The molecule has 25 heavy (non-hydrogen) atoms. The summed E-state index contributed by atoms with van der Waals surface area (Å²) in [4.78, 5) is 4.25. The molecule has 7 heteroatoms. The quantitative estimate of drug-likeness (QED) is 0.451. The predicted octanol–water partition coefficient (Wildman–Crippen LogP) is 6.29. The van der Waals surface area contributed by atoms with Crippen molar-refractivity contribution < 1.29 is 26.3 Å². The van der Waals surface area contributed by atoms with Crippen molar-refractivity contribution in [1.29, 1.82) is 0 Å². The Bertz CT molecular complexity index is 727. The molecule has 0 radical (unpaired) electrons. The van der Waals surface area contributed by atoms with E-state index in [2.05, 4.69) is 4.99 Å². The van der Waals surface area contributed by atoms with E-state index in [1.165, 1.54) is 6.92 Å². The largest absolute Gasteiger partial charge is 0.416 e. The molecule has 1 unspecified atom stereocenters. The van der Waals surface area contributed by atoms with Crippen LogP contribution in [-0.4, -0.2) is 5.71 Å². The number of alkyl halides is 6. The van der Waals surface area contributed by atoms with E-state index in [1.807, 2.05) is 0 Å². The number of benzene rings is 2. The molecule has 0 aliphatic heterocycles. The molecule has 0 aliphatic carbocycles. The average molecular weight is 359 g/mol. The lowest BCUT2D eigenvalue weighted by Crippen LogP contribution is -2.13. The number of rotatable bonds is 3. The first-order chi connectivity index (χ1) is 11.5. The van der Waals surface area contributed by atoms with Crippen molar-refractivity contribution >= 4 is 5.71 Å². The number of halogens is 6. The van der Waals surface area contributed by atoms with Gasteiger partial charge in [0, 0.05) is 5.71 Å². The van der Waals surface area contributed by atoms with Crippen LogP contribution >= 0.6 is 0 Å². The molecule has 0 amide bonds. The molecule has 0 aromatic heterocycles. The lowest BCUT2D eigenvalue weighted by Gasteiger charge is -2.15. The second kappa shape index (κ2) is 6.90. The molecule has 134 valence electrons. The van der Waals surface area contributed by atoms with Gasteiger partial charge in [-0.1, -0.05) is 30.3 Å². The van der Waals surface area contributed by atoms with Crippen LogP contribution in [0.3, 0.4) is 0 Å². The maximum absolute atomic E-state index is 12.9. The Balaban J connectivity index is 2.48. The number of nitrogens with zero attached hydrogens (tertiary/aromatic N) is 1. The topological polar surface area (TPSA) is 12.4 Å². The van der Waals surface area contributed by atoms with Crippen LogP contribution in [0.5, 0.6) is 0 Å². The first-order valence-corrected chi connectivity index (χ1v) is 7.37. The summed E-state index contributed by atoms with van der Waals surface area (Å²) in [6.45, 7) is 3.12. The smallest absolute Gasteiger partial charge is 0.282 e. The van der Waals surface area contributed by atoms with Gasteiger partial charge in [0.15, 0.2) is 0 Å². The Morgan fingerprint density at radius 2 is 1.32 bits per heavy atom. The van der Waals surface area contributed by atoms with Gasteiger partial charge in [-0.15, -0.1) is 0 Å². The van der Waals surface area contributed by atoms with Crippen molar-refractivity contribution in [2.45, 2.75) is 32.2 Å². The Hall–Kier alpha value is -2.31. The Morgan fingerprint density at radius 3 is 1.76 bits per heavy atom. The van der Waals surface area contributed by atoms with E-state index in [-0.39, 0.29) is 17.3 Å². The third-order valence-corrected chi connectivity index (χ3v) is 3.67. The van der Waals surface area contributed by atoms with Gasteiger partial charge in [0.05, 0.1) is 17.2 Å². The molecule has 0 bridgehead atoms. The Morgan fingerprint density at radius 1 is 0.840 bits per heavy atom. The summed E-state index contributed by atoms with van der Waals surface area (Å²) in [5.41, 5.74) is -1.98. The van der Waals surface area contributed by atoms with E-state index in [4.69, 9.17) is 0 Å². The summed E-state index contributed by atoms with van der Waals surface area (Å²) in [5, 5.41) is 0. The van der Waals surface area contributed by atoms with Crippen molar-refractivity contribution in [3.05, 3.63) is 70.8 Å². The highest BCUT2D eigenvalue weighted by atomic mass is 19.4. The second-order valence-electron chi connectivity index (χ2n) is 5.60. The number of aliphatic imine (C=N–C) groups is 1. The molecule has 1 nitrogen and oxygen atoms in total. The molecule has 0 saturated carbocycles. The summed E-state index contributed by atoms with van der Waals surface area (Å²) >= 11 is 0. The van der Waals surface area contributed by atoms with E-state index >= 15 is 0 Å². The van der Waals surface area contributed by atoms with Crippen LogP contribution in [0.4, 0.5) is 26.3 Å². The van der Waals surface area contributed by atoms with Crippen LogP contribution in [0.25, 0.3) is 0 Å². The van der Waals surface area contributed by atoms with Crippen LogP contribution in [0.1, 0.15) is 42.1 Å². The van der Waals surface area contributed by atoms with Crippen LogP contribution in [0.15, 0.2) is 53.5 Å². The van der Waals surface area contributed by atoms with Gasteiger partial charge in [-0.25, -0.2) is 0 Å². The zero-order chi connectivity index (χ0) is 18.8. The molecule has 0 spiro atoms. The van der Waals surface area contributed by atoms with Gasteiger partial charge < -0.3 is 0 Å². The summed E-state index contributed by atoms with van der Waals surface area (Å²) in [6.07, 6.45) is -9.75. The van der Waals surface area contributed by atoms with Gasteiger partial charge in [0.25, 0.3) is 0 Å². The third-order valence-electron chi connectivity index (χ3n) is 3.67. The zero-order valence-corrected chi connectivity index (χ0v) is 13.4. The third kappa shape index (κ3) is 4.84. The molecule has 1 atom stereocenters. The highest BCUT2D eigenvalue weighted by Gasteiger charge is 2.37. The molecule has 2 aromatic carbocycles. The predicted molar refractivity (Wildman–Crippen MR) is 83.5 cm³/mol. The van der Waals surface area contributed by atoms with E-state index < -0.39 is 29.5 Å². The van der Waals surface area contributed by atoms with Gasteiger partial charge in [-0.3, -0.25) is 4.99 Å². The van der Waals surface area contributed by atoms with Gasteiger partial charge in [0.1, 0.15) is 0 Å². The fraction of sp³-hybridized carbons (Fsp3) is 0.278. The molecule has 2 aromatic rings. The molecule has 2 rings (SSSR count). The molecule has 0 N–H and O–H groups in total. The van der Waals surface area contributed by atoms with Crippen molar-refractivity contribution in [1.82, 2.24) is 0 Å². The van der Waals surface area contributed by atoms with Gasteiger partial charge >= 0.3 is 12.4 Å². The fourth-order valence-corrected chi connectivity index (χ4v) is 2.33. The summed E-state index contributed by atoms with van der Waals surface area (Å²) < 4.78 is 77.5. The average Bonchev–Trinajstić information content (AvgIpc) is 2.53. The summed E-state index contributed by atoms with van der Waals surface area (Å²) in [6, 6.07) is 10.0. The normalized spacial score (nSPS) is 14.5. The molecule has 0 heterocycles. The van der Waals surface area contributed by atoms with E-state index in [1.54, 1.807) is 37.3 Å². The maximum atomic E-state index is 12.9. The van der Waals surface area contributed by atoms with Gasteiger partial charge in [-0.2, -0.15) is 26.3 Å². The lowest BCUT2D eigenvalue weighted by atomic mass is 10.0. The molecule has 0 saturated heterocycles. The maximum Gasteiger partial charge on any atom is 0.416 e. The van der Waals surface area contributed by atoms with Crippen molar-refractivity contribution in [2.75, 3.05) is 0 Å². The highest BCUT2D eigenvalue weighted by Crippen LogP contribution is 2.36. The molecular formula is C18H15F6N. The van der Waals surface area contributed by atoms with Crippen molar-refractivity contribution in [3.8, 4) is 0 Å². The van der Waals surface area contributed by atoms with Crippen LogP contribution in [0.2, 0.25) is 0 Å². The van der Waals surface area contributed by atoms with Crippen LogP contribution in [-0.2, 0) is 12.4 Å². The van der Waals surface area contributed by atoms with E-state index in [9.17, 15) is 26.3 Å². The standard InChI is InChI=1S/C18H15F6N/c1-11(13-6-4-3-5-7-13)25-12(2)14-8-15(17(19,20)21)10-16(9-14)18(22,23)24/h3-11H,1-2H3. The minimum absolute atomic E-state index is 0.105. The van der Waals surface area contributed by atoms with E-state index in [0.29, 0.717) is 12.1 Å². The van der Waals surface area contributed by atoms with Crippen LogP contribution in [0, 0.1) is 0 Å². The highest BCUT2D eigenvalue weighted by molar-refractivity contribution is 5.99. The van der Waals surface area contributed by atoms with Gasteiger partial charge in [0.2, 0.25) is 0 Å². The Labute approximate surface area is 141 Å². The minimum atomic E-state index is -4.87. The van der Waals surface area contributed by atoms with E-state index in [0.717, 1.165) is 5.56 Å². The first kappa shape index (κ1) is 19.0. The molecule has 0 fully saturated rings. The lowest BCUT2D eigenvalue weighted by molar-refractivity contribution is -0.143. The number of hydrogen-bond acceptors (Lipinski definition) is 1.